The molecule has 2 rings (SSSR count). The van der Waals surface area contributed by atoms with E-state index in [0.717, 1.165) is 0 Å². The van der Waals surface area contributed by atoms with Crippen LogP contribution in [0.1, 0.15) is 33.6 Å². The molecule has 1 aliphatic heterocycles. The zero-order chi connectivity index (χ0) is 20.0. The van der Waals surface area contributed by atoms with Crippen LogP contribution in [0.25, 0.3) is 0 Å². The highest BCUT2D eigenvalue weighted by atomic mass is 16.5. The van der Waals surface area contributed by atoms with Crippen molar-refractivity contribution in [1.82, 2.24) is 10.2 Å². The first-order valence-corrected chi connectivity index (χ1v) is 9.05. The van der Waals surface area contributed by atoms with Crippen molar-refractivity contribution >= 4 is 23.5 Å². The first-order valence-electron chi connectivity index (χ1n) is 9.05. The Balaban J connectivity index is 1.91. The molecule has 0 spiro atoms. The molecule has 0 aromatic rings. The van der Waals surface area contributed by atoms with E-state index in [9.17, 15) is 19.2 Å². The Morgan fingerprint density at radius 1 is 1.30 bits per heavy atom. The fourth-order valence-electron chi connectivity index (χ4n) is 2.96. The minimum Gasteiger partial charge on any atom is -0.379 e. The van der Waals surface area contributed by atoms with Gasteiger partial charge < -0.3 is 10.1 Å². The Morgan fingerprint density at radius 3 is 2.67 bits per heavy atom. The van der Waals surface area contributed by atoms with Crippen LogP contribution in [-0.2, 0) is 23.9 Å². The van der Waals surface area contributed by atoms with E-state index in [1.54, 1.807) is 44.2 Å². The normalized spacial score (nSPS) is 24.8. The van der Waals surface area contributed by atoms with Gasteiger partial charge in [-0.1, -0.05) is 31.2 Å². The third kappa shape index (κ3) is 5.23. The maximum Gasteiger partial charge on any atom is 0.251 e. The minimum absolute atomic E-state index is 0.0620. The van der Waals surface area contributed by atoms with Crippen molar-refractivity contribution in [3.05, 3.63) is 36.0 Å². The van der Waals surface area contributed by atoms with Crippen molar-refractivity contribution in [2.75, 3.05) is 19.8 Å². The lowest BCUT2D eigenvalue weighted by Gasteiger charge is -2.32. The number of nitrogens with one attached hydrogen (secondary N) is 1. The van der Waals surface area contributed by atoms with E-state index in [2.05, 4.69) is 5.32 Å². The molecule has 1 saturated heterocycles. The molecule has 7 nitrogen and oxygen atoms in total. The summed E-state index contributed by atoms with van der Waals surface area (Å²) >= 11 is 0. The fourth-order valence-corrected chi connectivity index (χ4v) is 2.96. The summed E-state index contributed by atoms with van der Waals surface area (Å²) in [7, 11) is 0. The third-order valence-corrected chi connectivity index (χ3v) is 4.56. The van der Waals surface area contributed by atoms with E-state index in [0.29, 0.717) is 31.8 Å². The van der Waals surface area contributed by atoms with Gasteiger partial charge in [-0.3, -0.25) is 24.1 Å². The third-order valence-electron chi connectivity index (χ3n) is 4.56. The van der Waals surface area contributed by atoms with Gasteiger partial charge in [0.1, 0.15) is 5.78 Å². The number of nitrogens with zero attached hydrogens (tertiary/aromatic N) is 1. The summed E-state index contributed by atoms with van der Waals surface area (Å²) in [5.41, 5.74) is -0.473. The number of ketones is 1. The van der Waals surface area contributed by atoms with Gasteiger partial charge in [0.25, 0.3) is 5.91 Å². The van der Waals surface area contributed by atoms with Crippen LogP contribution in [0.5, 0.6) is 0 Å². The molecule has 0 aromatic carbocycles. The van der Waals surface area contributed by atoms with Crippen molar-refractivity contribution in [2.45, 2.75) is 39.2 Å². The quantitative estimate of drug-likeness (QED) is 0.511. The van der Waals surface area contributed by atoms with Gasteiger partial charge in [-0.15, -0.1) is 0 Å². The fraction of sp³-hybridized carbons (Fsp3) is 0.500. The second-order valence-electron chi connectivity index (χ2n) is 7.03. The Kier molecular flexibility index (Phi) is 6.85. The Hall–Kier alpha value is -2.54. The summed E-state index contributed by atoms with van der Waals surface area (Å²) in [6.07, 6.45) is 8.94. The monoisotopic (exact) mass is 374 g/mol. The molecular weight excluding hydrogens is 348 g/mol. The van der Waals surface area contributed by atoms with Crippen LogP contribution < -0.4 is 5.32 Å². The summed E-state index contributed by atoms with van der Waals surface area (Å²) in [5.74, 6) is -0.944. The van der Waals surface area contributed by atoms with Crippen molar-refractivity contribution < 1.29 is 23.9 Å². The van der Waals surface area contributed by atoms with Crippen molar-refractivity contribution in [2.24, 2.45) is 5.92 Å². The predicted molar refractivity (Wildman–Crippen MR) is 99.5 cm³/mol. The molecule has 2 atom stereocenters. The number of rotatable bonds is 8. The molecule has 1 fully saturated rings. The maximum absolute atomic E-state index is 12.3. The molecule has 7 heteroatoms. The Labute approximate surface area is 159 Å². The van der Waals surface area contributed by atoms with E-state index in [-0.39, 0.29) is 35.8 Å². The van der Waals surface area contributed by atoms with E-state index in [1.165, 1.54) is 11.8 Å². The number of allylic oxidation sites excluding steroid dienone is 2. The van der Waals surface area contributed by atoms with Crippen LogP contribution in [0.2, 0.25) is 0 Å². The molecular formula is C20H26N2O5. The molecule has 1 aliphatic carbocycles. The zero-order valence-electron chi connectivity index (χ0n) is 16.0. The number of amides is 3. The predicted octanol–water partition coefficient (Wildman–Crippen LogP) is 1.30. The van der Waals surface area contributed by atoms with Gasteiger partial charge in [0.2, 0.25) is 11.8 Å². The summed E-state index contributed by atoms with van der Waals surface area (Å²) in [5, 5.41) is 2.74. The molecule has 3 amide bonds. The maximum atomic E-state index is 12.3. The van der Waals surface area contributed by atoms with E-state index in [4.69, 9.17) is 4.74 Å². The number of likely N-dealkylation sites (tertiary alicyclic amines) is 1. The van der Waals surface area contributed by atoms with E-state index >= 15 is 0 Å². The van der Waals surface area contributed by atoms with Crippen LogP contribution >= 0.6 is 0 Å². The summed E-state index contributed by atoms with van der Waals surface area (Å²) < 4.78 is 5.27. The van der Waals surface area contributed by atoms with Gasteiger partial charge in [0.05, 0.1) is 18.8 Å². The summed E-state index contributed by atoms with van der Waals surface area (Å²) in [6, 6.07) is 0. The minimum atomic E-state index is -0.896. The summed E-state index contributed by atoms with van der Waals surface area (Å²) in [6.45, 7) is 5.99. The molecule has 0 aromatic heterocycles. The number of carbonyl (C=O) groups is 4. The highest BCUT2D eigenvalue weighted by molar-refractivity contribution is 6.05. The second kappa shape index (κ2) is 8.90. The van der Waals surface area contributed by atoms with Crippen LogP contribution in [-0.4, -0.2) is 53.7 Å². The van der Waals surface area contributed by atoms with Crippen LogP contribution in [0.3, 0.4) is 0 Å². The SMILES string of the molecule is CC(=O)CCOCCNC(=O)C1=CC=CC(C)(N2C(=O)CC(C)C2=O)C=C1. The molecule has 0 bridgehead atoms. The summed E-state index contributed by atoms with van der Waals surface area (Å²) in [4.78, 5) is 48.9. The number of carbonyl (C=O) groups excluding carboxylic acids is 4. The smallest absolute Gasteiger partial charge is 0.251 e. The lowest BCUT2D eigenvalue weighted by atomic mass is 9.98. The molecule has 2 unspecified atom stereocenters. The number of imide groups is 1. The van der Waals surface area contributed by atoms with Crippen molar-refractivity contribution in [1.29, 1.82) is 0 Å². The number of ether oxygens (including phenoxy) is 1. The number of hydrogen-bond donors (Lipinski definition) is 1. The largest absolute Gasteiger partial charge is 0.379 e. The topological polar surface area (TPSA) is 92.8 Å². The van der Waals surface area contributed by atoms with Crippen LogP contribution in [0.4, 0.5) is 0 Å². The zero-order valence-corrected chi connectivity index (χ0v) is 16.0. The average Bonchev–Trinajstić information content (AvgIpc) is 2.75. The van der Waals surface area contributed by atoms with E-state index in [1.807, 2.05) is 0 Å². The van der Waals surface area contributed by atoms with E-state index < -0.39 is 5.54 Å². The number of Topliss-reactive ketones (excluding diaryl/α,β-unsaturated/α-hetero) is 1. The molecule has 0 radical (unpaired) electrons. The van der Waals surface area contributed by atoms with Crippen LogP contribution in [0, 0.1) is 5.92 Å². The van der Waals surface area contributed by atoms with Crippen molar-refractivity contribution in [3.63, 3.8) is 0 Å². The molecule has 1 heterocycles. The van der Waals surface area contributed by atoms with Gasteiger partial charge in [-0.05, 0) is 19.9 Å². The lowest BCUT2D eigenvalue weighted by molar-refractivity contribution is -0.142. The Bertz CT molecular complexity index is 722. The second-order valence-corrected chi connectivity index (χ2v) is 7.03. The number of hydrogen-bond acceptors (Lipinski definition) is 5. The van der Waals surface area contributed by atoms with Crippen molar-refractivity contribution in [3.8, 4) is 0 Å². The van der Waals surface area contributed by atoms with Gasteiger partial charge in [-0.25, -0.2) is 0 Å². The van der Waals surface area contributed by atoms with Crippen LogP contribution in [0.15, 0.2) is 36.0 Å². The first kappa shape index (κ1) is 20.8. The molecule has 1 N–H and O–H groups in total. The standard InChI is InChI=1S/C20H26N2O5/c1-14-13-17(24)22(19(14)26)20(3)8-4-5-16(6-9-20)18(25)21-10-12-27-11-7-15(2)23/h4-6,8-9,14H,7,10-13H2,1-3H3,(H,21,25). The average molecular weight is 374 g/mol. The van der Waals surface area contributed by atoms with Gasteiger partial charge in [0.15, 0.2) is 0 Å². The molecule has 0 saturated carbocycles. The molecule has 27 heavy (non-hydrogen) atoms. The highest BCUT2D eigenvalue weighted by Gasteiger charge is 2.44. The molecule has 2 aliphatic rings. The first-order chi connectivity index (χ1) is 12.7. The molecule has 146 valence electrons. The van der Waals surface area contributed by atoms with Gasteiger partial charge in [0, 0.05) is 30.9 Å². The Morgan fingerprint density at radius 2 is 2.04 bits per heavy atom. The van der Waals surface area contributed by atoms with Gasteiger partial charge >= 0.3 is 0 Å². The lowest BCUT2D eigenvalue weighted by Crippen LogP contribution is -2.47. The van der Waals surface area contributed by atoms with Gasteiger partial charge in [-0.2, -0.15) is 0 Å². The highest BCUT2D eigenvalue weighted by Crippen LogP contribution is 2.30.